The van der Waals surface area contributed by atoms with Gasteiger partial charge in [-0.2, -0.15) is 0 Å². The number of hydrogen-bond acceptors (Lipinski definition) is 9. The molecule has 1 aromatic carbocycles. The van der Waals surface area contributed by atoms with Crippen molar-refractivity contribution in [2.45, 2.75) is 59.8 Å². The maximum absolute atomic E-state index is 13.2. The van der Waals surface area contributed by atoms with Crippen molar-refractivity contribution in [3.05, 3.63) is 48.0 Å². The molecule has 0 radical (unpaired) electrons. The van der Waals surface area contributed by atoms with Crippen LogP contribution in [0.3, 0.4) is 0 Å². The fourth-order valence-corrected chi connectivity index (χ4v) is 3.40. The van der Waals surface area contributed by atoms with Gasteiger partial charge in [0.1, 0.15) is 29.8 Å². The van der Waals surface area contributed by atoms with Gasteiger partial charge in [-0.05, 0) is 50.1 Å². The molecule has 1 heterocycles. The smallest absolute Gasteiger partial charge is 0.409 e. The monoisotopic (exact) mass is 563 g/mol. The number of anilines is 1. The lowest BCUT2D eigenvalue weighted by Crippen LogP contribution is -2.44. The number of aromatic nitrogens is 1. The molecule has 3 N–H and O–H groups in total. The Morgan fingerprint density at radius 1 is 0.975 bits per heavy atom. The molecule has 2 aromatic rings. The summed E-state index contributed by atoms with van der Waals surface area (Å²) in [6.45, 7) is 9.37. The van der Waals surface area contributed by atoms with E-state index in [0.717, 1.165) is 6.20 Å². The first-order valence-corrected chi connectivity index (χ1v) is 12.5. The van der Waals surface area contributed by atoms with E-state index in [2.05, 4.69) is 15.6 Å². The average molecular weight is 564 g/mol. The van der Waals surface area contributed by atoms with E-state index in [-0.39, 0.29) is 23.0 Å². The van der Waals surface area contributed by atoms with Gasteiger partial charge in [0.2, 0.25) is 6.79 Å². The number of benzene rings is 1. The van der Waals surface area contributed by atoms with Crippen molar-refractivity contribution in [2.75, 3.05) is 12.1 Å². The van der Waals surface area contributed by atoms with Gasteiger partial charge in [0.05, 0.1) is 11.6 Å². The largest absolute Gasteiger partial charge is 0.486 e. The average Bonchev–Trinajstić information content (AvgIpc) is 2.88. The highest BCUT2D eigenvalue weighted by Gasteiger charge is 2.30. The van der Waals surface area contributed by atoms with Gasteiger partial charge < -0.3 is 29.4 Å². The van der Waals surface area contributed by atoms with E-state index in [1.807, 2.05) is 13.8 Å². The number of ether oxygens (including phenoxy) is 4. The number of amides is 2. The lowest BCUT2D eigenvalue weighted by atomic mass is 10.0. The van der Waals surface area contributed by atoms with E-state index in [9.17, 15) is 23.6 Å². The number of halogens is 1. The SMILES string of the molecule is CC(C)C(=O)OCOc1c(NC(=O)O)ccnc1C(=O)N[C@@H](C)C(=O)OC(C)C(Oc1ccc(F)cc1)C(C)C. The molecule has 0 fully saturated rings. The Balaban J connectivity index is 2.12. The van der Waals surface area contributed by atoms with E-state index < -0.39 is 60.7 Å². The van der Waals surface area contributed by atoms with Crippen molar-refractivity contribution >= 4 is 29.6 Å². The molecule has 3 atom stereocenters. The van der Waals surface area contributed by atoms with Gasteiger partial charge in [0.15, 0.2) is 11.4 Å². The molecule has 0 saturated carbocycles. The Hall–Kier alpha value is -4.42. The maximum Gasteiger partial charge on any atom is 0.409 e. The third-order valence-electron chi connectivity index (χ3n) is 5.45. The highest BCUT2D eigenvalue weighted by atomic mass is 19.1. The first-order chi connectivity index (χ1) is 18.8. The van der Waals surface area contributed by atoms with Gasteiger partial charge in [0, 0.05) is 6.20 Å². The number of nitrogens with one attached hydrogen (secondary N) is 2. The van der Waals surface area contributed by atoms with E-state index in [4.69, 9.17) is 24.1 Å². The summed E-state index contributed by atoms with van der Waals surface area (Å²) >= 11 is 0. The summed E-state index contributed by atoms with van der Waals surface area (Å²) in [5, 5.41) is 13.7. The molecule has 1 aromatic heterocycles. The van der Waals surface area contributed by atoms with Crippen LogP contribution in [0, 0.1) is 17.7 Å². The van der Waals surface area contributed by atoms with Crippen molar-refractivity contribution in [3.63, 3.8) is 0 Å². The number of carboxylic acid groups (broad SMARTS) is 1. The predicted octanol–water partition coefficient (Wildman–Crippen LogP) is 4.00. The van der Waals surface area contributed by atoms with E-state index in [0.29, 0.717) is 5.75 Å². The van der Waals surface area contributed by atoms with Crippen LogP contribution < -0.4 is 20.1 Å². The van der Waals surface area contributed by atoms with Gasteiger partial charge >= 0.3 is 18.0 Å². The van der Waals surface area contributed by atoms with Crippen LogP contribution in [0.2, 0.25) is 0 Å². The highest BCUT2D eigenvalue weighted by molar-refractivity contribution is 6.00. The summed E-state index contributed by atoms with van der Waals surface area (Å²) in [5.41, 5.74) is -0.492. The van der Waals surface area contributed by atoms with Crippen LogP contribution in [0.1, 0.15) is 52.0 Å². The molecule has 218 valence electrons. The minimum atomic E-state index is -1.44. The van der Waals surface area contributed by atoms with E-state index in [1.54, 1.807) is 20.8 Å². The number of nitrogens with zero attached hydrogens (tertiary/aromatic N) is 1. The normalized spacial score (nSPS) is 13.1. The summed E-state index contributed by atoms with van der Waals surface area (Å²) in [5.74, 6) is -3.07. The molecule has 0 aliphatic rings. The minimum absolute atomic E-state index is 0.0871. The fourth-order valence-electron chi connectivity index (χ4n) is 3.40. The summed E-state index contributed by atoms with van der Waals surface area (Å²) in [7, 11) is 0. The zero-order valence-corrected chi connectivity index (χ0v) is 23.1. The summed E-state index contributed by atoms with van der Waals surface area (Å²) in [6.07, 6.45) is -1.59. The zero-order valence-electron chi connectivity index (χ0n) is 23.1. The lowest BCUT2D eigenvalue weighted by molar-refractivity contribution is -0.156. The molecule has 40 heavy (non-hydrogen) atoms. The lowest BCUT2D eigenvalue weighted by Gasteiger charge is -2.29. The second-order valence-electron chi connectivity index (χ2n) is 9.46. The number of pyridine rings is 1. The molecule has 2 amide bonds. The Bertz CT molecular complexity index is 1190. The Kier molecular flexibility index (Phi) is 11.7. The molecule has 0 aliphatic heterocycles. The van der Waals surface area contributed by atoms with Crippen molar-refractivity contribution in [2.24, 2.45) is 11.8 Å². The van der Waals surface area contributed by atoms with Crippen LogP contribution in [-0.2, 0) is 19.1 Å². The van der Waals surface area contributed by atoms with Gasteiger partial charge in [-0.1, -0.05) is 27.7 Å². The molecule has 2 rings (SSSR count). The summed E-state index contributed by atoms with van der Waals surface area (Å²) < 4.78 is 35.0. The molecular formula is C27H34FN3O9. The summed E-state index contributed by atoms with van der Waals surface area (Å²) in [6, 6.07) is 5.53. The molecule has 2 unspecified atom stereocenters. The van der Waals surface area contributed by atoms with Gasteiger partial charge in [-0.3, -0.25) is 14.9 Å². The first-order valence-electron chi connectivity index (χ1n) is 12.5. The van der Waals surface area contributed by atoms with Crippen molar-refractivity contribution in [1.82, 2.24) is 10.3 Å². The topological polar surface area (TPSA) is 162 Å². The standard InChI is InChI=1S/C27H34FN3O9/c1-14(2)22(40-19-9-7-18(28)8-10-19)17(6)39-26(34)16(5)30-24(32)21-23(37-13-38-25(33)15(3)4)20(11-12-29-21)31-27(35)36/h7-12,14-17,22H,13H2,1-6H3,(H,29,31)(H,30,32)(H,35,36)/t16-,17?,22?/m0/s1. The van der Waals surface area contributed by atoms with Crippen LogP contribution >= 0.6 is 0 Å². The van der Waals surface area contributed by atoms with E-state index >= 15 is 0 Å². The predicted molar refractivity (Wildman–Crippen MR) is 140 cm³/mol. The molecule has 0 bridgehead atoms. The second-order valence-corrected chi connectivity index (χ2v) is 9.46. The van der Waals surface area contributed by atoms with Gasteiger partial charge in [0.25, 0.3) is 5.91 Å². The van der Waals surface area contributed by atoms with Crippen LogP contribution in [-0.4, -0.2) is 59.1 Å². The number of rotatable bonds is 13. The van der Waals surface area contributed by atoms with Crippen LogP contribution in [0.4, 0.5) is 14.9 Å². The second kappa shape index (κ2) is 14.7. The van der Waals surface area contributed by atoms with Gasteiger partial charge in [-0.15, -0.1) is 0 Å². The number of hydrogen-bond donors (Lipinski definition) is 3. The Labute approximate surface area is 231 Å². The number of carbonyl (C=O) groups is 4. The molecular weight excluding hydrogens is 529 g/mol. The van der Waals surface area contributed by atoms with Gasteiger partial charge in [-0.25, -0.2) is 19.0 Å². The maximum atomic E-state index is 13.2. The third-order valence-corrected chi connectivity index (χ3v) is 5.45. The fraction of sp³-hybridized carbons (Fsp3) is 0.444. The van der Waals surface area contributed by atoms with Crippen LogP contribution in [0.15, 0.2) is 36.5 Å². The molecule has 13 heteroatoms. The Morgan fingerprint density at radius 3 is 2.20 bits per heavy atom. The number of carbonyl (C=O) groups excluding carboxylic acids is 3. The zero-order chi connectivity index (χ0) is 30.0. The first kappa shape index (κ1) is 31.8. The molecule has 12 nitrogen and oxygen atoms in total. The van der Waals surface area contributed by atoms with E-state index in [1.165, 1.54) is 37.3 Å². The van der Waals surface area contributed by atoms with Crippen molar-refractivity contribution in [3.8, 4) is 11.5 Å². The van der Waals surface area contributed by atoms with Crippen molar-refractivity contribution < 1.29 is 47.6 Å². The molecule has 0 aliphatic carbocycles. The van der Waals surface area contributed by atoms with Crippen molar-refractivity contribution in [1.29, 1.82) is 0 Å². The molecule has 0 spiro atoms. The third kappa shape index (κ3) is 9.40. The Morgan fingerprint density at radius 2 is 1.62 bits per heavy atom. The van der Waals surface area contributed by atoms with Crippen LogP contribution in [0.5, 0.6) is 11.5 Å². The summed E-state index contributed by atoms with van der Waals surface area (Å²) in [4.78, 5) is 52.7. The quantitative estimate of drug-likeness (QED) is 0.240. The number of esters is 2. The molecule has 0 saturated heterocycles. The highest BCUT2D eigenvalue weighted by Crippen LogP contribution is 2.28. The van der Waals surface area contributed by atoms with Crippen LogP contribution in [0.25, 0.3) is 0 Å². The minimum Gasteiger partial charge on any atom is -0.486 e.